The highest BCUT2D eigenvalue weighted by atomic mass is 16.5. The van der Waals surface area contributed by atoms with Gasteiger partial charge < -0.3 is 19.2 Å². The van der Waals surface area contributed by atoms with Gasteiger partial charge in [-0.15, -0.1) is 0 Å². The number of hydrogen-bond donors (Lipinski definition) is 1. The molecule has 1 aliphatic heterocycles. The number of β-amino-alcohol motifs (C(OH)–C–C–N with tert-alkyl or cyclic N) is 1. The minimum absolute atomic E-state index is 0.0628. The minimum Gasteiger partial charge on any atom is -0.494 e. The molecule has 6 nitrogen and oxygen atoms in total. The van der Waals surface area contributed by atoms with Crippen molar-refractivity contribution >= 4 is 16.9 Å². The first-order valence-corrected chi connectivity index (χ1v) is 11.2. The van der Waals surface area contributed by atoms with Gasteiger partial charge in [0.15, 0.2) is 5.43 Å². The minimum atomic E-state index is -0.611. The quantitative estimate of drug-likeness (QED) is 0.527. The Balaban J connectivity index is 1.78. The number of aliphatic hydroxyl groups excluding tert-OH is 1. The molecule has 0 aliphatic carbocycles. The lowest BCUT2D eigenvalue weighted by atomic mass is 9.97. The Bertz CT molecular complexity index is 1200. The van der Waals surface area contributed by atoms with E-state index in [2.05, 4.69) is 6.92 Å². The molecule has 4 rings (SSSR count). The molecule has 0 radical (unpaired) electrons. The summed E-state index contributed by atoms with van der Waals surface area (Å²) < 4.78 is 11.8. The van der Waals surface area contributed by atoms with Crippen LogP contribution >= 0.6 is 0 Å². The van der Waals surface area contributed by atoms with Gasteiger partial charge in [-0.3, -0.25) is 9.59 Å². The van der Waals surface area contributed by atoms with E-state index in [1.165, 1.54) is 4.90 Å². The predicted molar refractivity (Wildman–Crippen MR) is 123 cm³/mol. The second-order valence-corrected chi connectivity index (χ2v) is 8.38. The Kier molecular flexibility index (Phi) is 6.33. The van der Waals surface area contributed by atoms with E-state index in [1.54, 1.807) is 6.07 Å². The van der Waals surface area contributed by atoms with Crippen LogP contribution in [-0.4, -0.2) is 35.7 Å². The fourth-order valence-corrected chi connectivity index (χ4v) is 4.45. The zero-order chi connectivity index (χ0) is 22.8. The number of ether oxygens (including phenoxy) is 1. The Morgan fingerprint density at radius 1 is 1.09 bits per heavy atom. The van der Waals surface area contributed by atoms with Crippen molar-refractivity contribution in [3.63, 3.8) is 0 Å². The molecular formula is C26H29NO5. The smallest absolute Gasteiger partial charge is 0.290 e. The van der Waals surface area contributed by atoms with E-state index in [9.17, 15) is 14.7 Å². The first-order chi connectivity index (χ1) is 15.5. The fraction of sp³-hybridized carbons (Fsp3) is 0.385. The van der Waals surface area contributed by atoms with E-state index in [0.717, 1.165) is 41.7 Å². The van der Waals surface area contributed by atoms with Gasteiger partial charge in [0.05, 0.1) is 30.2 Å². The topological polar surface area (TPSA) is 80.0 Å². The summed E-state index contributed by atoms with van der Waals surface area (Å²) in [6.45, 7) is 6.50. The molecule has 1 N–H and O–H groups in total. The number of carbonyl (C=O) groups excluding carboxylic acids is 1. The monoisotopic (exact) mass is 435 g/mol. The predicted octanol–water partition coefficient (Wildman–Crippen LogP) is 4.52. The Morgan fingerprint density at radius 2 is 1.84 bits per heavy atom. The summed E-state index contributed by atoms with van der Waals surface area (Å²) in [6.07, 6.45) is 3.26. The van der Waals surface area contributed by atoms with Crippen LogP contribution in [-0.2, 0) is 0 Å². The summed E-state index contributed by atoms with van der Waals surface area (Å²) in [4.78, 5) is 28.2. The Hall–Kier alpha value is -3.12. The summed E-state index contributed by atoms with van der Waals surface area (Å²) in [5.41, 5.74) is 3.12. The zero-order valence-corrected chi connectivity index (χ0v) is 18.8. The molecule has 3 aromatic rings. The van der Waals surface area contributed by atoms with Gasteiger partial charge in [-0.2, -0.15) is 0 Å². The maximum Gasteiger partial charge on any atom is 0.290 e. The zero-order valence-electron chi connectivity index (χ0n) is 18.8. The summed E-state index contributed by atoms with van der Waals surface area (Å²) in [7, 11) is 0. The average molecular weight is 436 g/mol. The molecule has 1 unspecified atom stereocenters. The number of carbonyl (C=O) groups is 1. The third-order valence-electron chi connectivity index (χ3n) is 5.95. The number of fused-ring (bicyclic) bond motifs is 2. The van der Waals surface area contributed by atoms with Gasteiger partial charge in [0.25, 0.3) is 5.91 Å². The largest absolute Gasteiger partial charge is 0.494 e. The molecule has 1 atom stereocenters. The van der Waals surface area contributed by atoms with Crippen LogP contribution in [0.3, 0.4) is 0 Å². The number of benzene rings is 2. The van der Waals surface area contributed by atoms with Crippen LogP contribution < -0.4 is 10.2 Å². The van der Waals surface area contributed by atoms with Crippen molar-refractivity contribution in [1.29, 1.82) is 0 Å². The lowest BCUT2D eigenvalue weighted by Crippen LogP contribution is -2.32. The molecule has 0 spiro atoms. The molecule has 0 saturated carbocycles. The van der Waals surface area contributed by atoms with Gasteiger partial charge in [-0.25, -0.2) is 0 Å². The van der Waals surface area contributed by atoms with Crippen molar-refractivity contribution < 1.29 is 19.1 Å². The third kappa shape index (κ3) is 3.91. The lowest BCUT2D eigenvalue weighted by molar-refractivity contribution is 0.0691. The summed E-state index contributed by atoms with van der Waals surface area (Å²) in [6, 6.07) is 10.6. The van der Waals surface area contributed by atoms with Gasteiger partial charge in [0.2, 0.25) is 5.76 Å². The fourth-order valence-electron chi connectivity index (χ4n) is 4.45. The molecule has 2 heterocycles. The number of aryl methyl sites for hydroxylation is 2. The maximum absolute atomic E-state index is 13.5. The summed E-state index contributed by atoms with van der Waals surface area (Å²) in [5, 5.41) is 10.1. The number of rotatable bonds is 8. The third-order valence-corrected chi connectivity index (χ3v) is 5.95. The molecule has 6 heteroatoms. The van der Waals surface area contributed by atoms with Crippen LogP contribution in [0.2, 0.25) is 0 Å². The molecule has 0 fully saturated rings. The number of aliphatic hydroxyl groups is 1. The van der Waals surface area contributed by atoms with Gasteiger partial charge >= 0.3 is 0 Å². The summed E-state index contributed by atoms with van der Waals surface area (Å²) in [5.74, 6) is 0.436. The second-order valence-electron chi connectivity index (χ2n) is 8.38. The van der Waals surface area contributed by atoms with E-state index in [4.69, 9.17) is 9.15 Å². The summed E-state index contributed by atoms with van der Waals surface area (Å²) >= 11 is 0. The lowest BCUT2D eigenvalue weighted by Gasteiger charge is -2.24. The van der Waals surface area contributed by atoms with Crippen LogP contribution in [0, 0.1) is 13.8 Å². The molecule has 2 aromatic carbocycles. The van der Waals surface area contributed by atoms with E-state index in [0.29, 0.717) is 23.1 Å². The molecule has 0 bridgehead atoms. The van der Waals surface area contributed by atoms with Crippen molar-refractivity contribution in [1.82, 2.24) is 4.90 Å². The van der Waals surface area contributed by atoms with E-state index < -0.39 is 6.04 Å². The van der Waals surface area contributed by atoms with E-state index >= 15 is 0 Å². The van der Waals surface area contributed by atoms with Crippen molar-refractivity contribution in [2.75, 3.05) is 19.8 Å². The molecule has 32 heavy (non-hydrogen) atoms. The van der Waals surface area contributed by atoms with Crippen LogP contribution in [0.5, 0.6) is 5.75 Å². The molecule has 1 aromatic heterocycles. The van der Waals surface area contributed by atoms with Gasteiger partial charge in [0.1, 0.15) is 11.3 Å². The van der Waals surface area contributed by atoms with Crippen LogP contribution in [0.25, 0.3) is 11.0 Å². The highest BCUT2D eigenvalue weighted by Crippen LogP contribution is 2.38. The normalized spacial score (nSPS) is 15.4. The first-order valence-electron chi connectivity index (χ1n) is 11.2. The van der Waals surface area contributed by atoms with Gasteiger partial charge in [-0.05, 0) is 55.2 Å². The van der Waals surface area contributed by atoms with Crippen molar-refractivity contribution in [2.24, 2.45) is 0 Å². The highest BCUT2D eigenvalue weighted by Gasteiger charge is 2.42. The standard InChI is InChI=1S/C26H29NO5/c1-4-5-6-13-31-19-9-7-18(8-10-19)22-21-23(29)20-15-16(2)14-17(3)24(20)32-25(21)26(30)27(22)11-12-28/h7-10,14-15,22,28H,4-6,11-13H2,1-3H3. The number of unbranched alkanes of at least 4 members (excludes halogenated alkanes) is 2. The number of nitrogens with zero attached hydrogens (tertiary/aromatic N) is 1. The number of amides is 1. The van der Waals surface area contributed by atoms with Crippen molar-refractivity contribution in [2.45, 2.75) is 46.1 Å². The molecule has 0 saturated heterocycles. The first kappa shape index (κ1) is 22.1. The Morgan fingerprint density at radius 3 is 2.53 bits per heavy atom. The van der Waals surface area contributed by atoms with Gasteiger partial charge in [0, 0.05) is 6.54 Å². The van der Waals surface area contributed by atoms with Crippen LogP contribution in [0.1, 0.15) is 65.0 Å². The second kappa shape index (κ2) is 9.17. The van der Waals surface area contributed by atoms with Crippen molar-refractivity contribution in [3.8, 4) is 5.75 Å². The SMILES string of the molecule is CCCCCOc1ccc(C2c3c(oc4c(C)cc(C)cc4c3=O)C(=O)N2CCO)cc1. The highest BCUT2D eigenvalue weighted by molar-refractivity contribution is 5.99. The molecule has 1 amide bonds. The van der Waals surface area contributed by atoms with E-state index in [1.807, 2.05) is 44.2 Å². The molecular weight excluding hydrogens is 406 g/mol. The van der Waals surface area contributed by atoms with E-state index in [-0.39, 0.29) is 30.2 Å². The molecule has 168 valence electrons. The molecule has 1 aliphatic rings. The Labute approximate surface area is 187 Å². The van der Waals surface area contributed by atoms with Crippen LogP contribution in [0.15, 0.2) is 45.6 Å². The van der Waals surface area contributed by atoms with Crippen LogP contribution in [0.4, 0.5) is 0 Å². The number of hydrogen-bond acceptors (Lipinski definition) is 5. The van der Waals surface area contributed by atoms with Crippen molar-refractivity contribution in [3.05, 3.63) is 74.6 Å². The maximum atomic E-state index is 13.5. The van der Waals surface area contributed by atoms with Gasteiger partial charge in [-0.1, -0.05) is 38.0 Å². The average Bonchev–Trinajstić information content (AvgIpc) is 3.05.